The number of benzene rings is 1. The van der Waals surface area contributed by atoms with Crippen LogP contribution >= 0.6 is 15.9 Å². The summed E-state index contributed by atoms with van der Waals surface area (Å²) in [5.74, 6) is 0.0863. The fourth-order valence-electron chi connectivity index (χ4n) is 2.50. The molecule has 0 spiro atoms. The summed E-state index contributed by atoms with van der Waals surface area (Å²) in [4.78, 5) is 0. The molecule has 1 heterocycles. The molecule has 1 atom stereocenters. The third-order valence-corrected chi connectivity index (χ3v) is 4.49. The van der Waals surface area contributed by atoms with Gasteiger partial charge in [0.05, 0.1) is 11.6 Å². The normalized spacial score (nSPS) is 19.9. The average molecular weight is 316 g/mol. The van der Waals surface area contributed by atoms with E-state index in [1.165, 1.54) is 20.0 Å². The van der Waals surface area contributed by atoms with Crippen LogP contribution < -0.4 is 10.1 Å². The van der Waals surface area contributed by atoms with Gasteiger partial charge in [0.1, 0.15) is 0 Å². The van der Waals surface area contributed by atoms with Gasteiger partial charge in [-0.2, -0.15) is 0 Å². The van der Waals surface area contributed by atoms with Crippen molar-refractivity contribution in [3.8, 4) is 5.75 Å². The molecule has 0 radical (unpaired) electrons. The second kappa shape index (κ2) is 6.02. The van der Waals surface area contributed by atoms with E-state index in [0.29, 0.717) is 16.3 Å². The highest BCUT2D eigenvalue weighted by Crippen LogP contribution is 2.34. The van der Waals surface area contributed by atoms with Crippen molar-refractivity contribution < 1.29 is 9.13 Å². The highest BCUT2D eigenvalue weighted by molar-refractivity contribution is 9.10. The predicted molar refractivity (Wildman–Crippen MR) is 74.7 cm³/mol. The van der Waals surface area contributed by atoms with E-state index in [-0.39, 0.29) is 5.82 Å². The number of aryl methyl sites for hydroxylation is 1. The minimum atomic E-state index is -0.234. The molecule has 1 aromatic carbocycles. The molecule has 0 bridgehead atoms. The smallest absolute Gasteiger partial charge is 0.169 e. The van der Waals surface area contributed by atoms with E-state index in [2.05, 4.69) is 21.2 Å². The largest absolute Gasteiger partial charge is 0.492 e. The molecule has 2 nitrogen and oxygen atoms in total. The summed E-state index contributed by atoms with van der Waals surface area (Å²) < 4.78 is 20.1. The summed E-state index contributed by atoms with van der Waals surface area (Å²) in [5, 5.41) is 3.45. The molecule has 1 fully saturated rings. The Morgan fingerprint density at radius 2 is 2.28 bits per heavy atom. The van der Waals surface area contributed by atoms with Gasteiger partial charge in [0, 0.05) is 6.04 Å². The fraction of sp³-hybridized carbons (Fsp3) is 0.571. The first kappa shape index (κ1) is 13.8. The third kappa shape index (κ3) is 2.86. The predicted octanol–water partition coefficient (Wildman–Crippen LogP) is 3.59. The van der Waals surface area contributed by atoms with Crippen LogP contribution in [0.4, 0.5) is 4.39 Å². The molecule has 18 heavy (non-hydrogen) atoms. The van der Waals surface area contributed by atoms with Crippen molar-refractivity contribution in [1.82, 2.24) is 5.32 Å². The minimum absolute atomic E-state index is 0.234. The Hall–Kier alpha value is -0.610. The van der Waals surface area contributed by atoms with Crippen LogP contribution in [0.1, 0.15) is 30.4 Å². The Labute approximate surface area is 116 Å². The summed E-state index contributed by atoms with van der Waals surface area (Å²) in [6.45, 7) is 3.00. The van der Waals surface area contributed by atoms with Crippen molar-refractivity contribution in [3.63, 3.8) is 0 Å². The van der Waals surface area contributed by atoms with E-state index in [9.17, 15) is 4.39 Å². The van der Waals surface area contributed by atoms with Crippen LogP contribution in [0, 0.1) is 12.7 Å². The Kier molecular flexibility index (Phi) is 4.62. The van der Waals surface area contributed by atoms with Gasteiger partial charge in [-0.3, -0.25) is 0 Å². The molecule has 1 aliphatic heterocycles. The first-order chi connectivity index (χ1) is 8.63. The highest BCUT2D eigenvalue weighted by Gasteiger charge is 2.19. The zero-order valence-corrected chi connectivity index (χ0v) is 12.4. The molecular formula is C14H19BrFNO. The molecule has 0 amide bonds. The lowest BCUT2D eigenvalue weighted by Crippen LogP contribution is -2.35. The van der Waals surface area contributed by atoms with Gasteiger partial charge >= 0.3 is 0 Å². The third-order valence-electron chi connectivity index (χ3n) is 3.50. The maximum Gasteiger partial charge on any atom is 0.169 e. The number of methoxy groups -OCH3 is 1. The monoisotopic (exact) mass is 315 g/mol. The number of rotatable bonds is 3. The molecule has 4 heteroatoms. The summed E-state index contributed by atoms with van der Waals surface area (Å²) in [7, 11) is 1.51. The van der Waals surface area contributed by atoms with Crippen molar-refractivity contribution in [2.45, 2.75) is 38.6 Å². The van der Waals surface area contributed by atoms with Gasteiger partial charge in [-0.1, -0.05) is 12.5 Å². The number of ether oxygens (including phenoxy) is 1. The number of piperidine rings is 1. The number of hydrogen-bond acceptors (Lipinski definition) is 2. The topological polar surface area (TPSA) is 21.3 Å². The number of nitrogens with one attached hydrogen (secondary N) is 1. The second-order valence-electron chi connectivity index (χ2n) is 4.86. The molecule has 1 unspecified atom stereocenters. The van der Waals surface area contributed by atoms with E-state index in [1.54, 1.807) is 0 Å². The van der Waals surface area contributed by atoms with Crippen LogP contribution in [0.15, 0.2) is 10.5 Å². The highest BCUT2D eigenvalue weighted by atomic mass is 79.9. The van der Waals surface area contributed by atoms with Crippen LogP contribution in [-0.4, -0.2) is 19.7 Å². The molecule has 0 aromatic heterocycles. The second-order valence-corrected chi connectivity index (χ2v) is 5.66. The summed E-state index contributed by atoms with van der Waals surface area (Å²) in [5.41, 5.74) is 1.76. The van der Waals surface area contributed by atoms with Crippen molar-refractivity contribution in [2.24, 2.45) is 0 Å². The van der Waals surface area contributed by atoms with Crippen molar-refractivity contribution in [2.75, 3.05) is 13.7 Å². The summed E-state index contributed by atoms with van der Waals surface area (Å²) >= 11 is 3.37. The van der Waals surface area contributed by atoms with Gasteiger partial charge in [-0.15, -0.1) is 0 Å². The van der Waals surface area contributed by atoms with Crippen LogP contribution in [-0.2, 0) is 6.42 Å². The standard InChI is InChI=1S/C14H19BrFNO/c1-9-7-10(8-11-5-3-4-6-17-11)13(16)14(18-2)12(9)15/h7,11,17H,3-6,8H2,1-2H3. The molecule has 1 aliphatic rings. The van der Waals surface area contributed by atoms with E-state index >= 15 is 0 Å². The Morgan fingerprint density at radius 1 is 1.50 bits per heavy atom. The number of halogens is 2. The first-order valence-electron chi connectivity index (χ1n) is 6.38. The van der Waals surface area contributed by atoms with Gasteiger partial charge in [0.2, 0.25) is 0 Å². The Morgan fingerprint density at radius 3 is 2.89 bits per heavy atom. The fourth-order valence-corrected chi connectivity index (χ4v) is 2.95. The van der Waals surface area contributed by atoms with Gasteiger partial charge < -0.3 is 10.1 Å². The van der Waals surface area contributed by atoms with E-state index < -0.39 is 0 Å². The first-order valence-corrected chi connectivity index (χ1v) is 7.17. The summed E-state index contributed by atoms with van der Waals surface area (Å²) in [6.07, 6.45) is 4.31. The molecule has 0 saturated carbocycles. The van der Waals surface area contributed by atoms with Crippen LogP contribution in [0.25, 0.3) is 0 Å². The molecule has 0 aliphatic carbocycles. The molecule has 1 aromatic rings. The van der Waals surface area contributed by atoms with E-state index in [4.69, 9.17) is 4.74 Å². The van der Waals surface area contributed by atoms with Gasteiger partial charge in [-0.25, -0.2) is 4.39 Å². The summed E-state index contributed by atoms with van der Waals surface area (Å²) in [6, 6.07) is 2.30. The molecular weight excluding hydrogens is 297 g/mol. The van der Waals surface area contributed by atoms with Crippen molar-refractivity contribution >= 4 is 15.9 Å². The van der Waals surface area contributed by atoms with Gasteiger partial charge in [0.15, 0.2) is 11.6 Å². The molecule has 1 saturated heterocycles. The van der Waals surface area contributed by atoms with Crippen molar-refractivity contribution in [3.05, 3.63) is 27.5 Å². The minimum Gasteiger partial charge on any atom is -0.492 e. The van der Waals surface area contributed by atoms with Crippen LogP contribution in [0.5, 0.6) is 5.75 Å². The molecule has 1 N–H and O–H groups in total. The van der Waals surface area contributed by atoms with Crippen LogP contribution in [0.2, 0.25) is 0 Å². The lowest BCUT2D eigenvalue weighted by atomic mass is 9.96. The maximum atomic E-state index is 14.3. The maximum absolute atomic E-state index is 14.3. The van der Waals surface area contributed by atoms with Crippen molar-refractivity contribution in [1.29, 1.82) is 0 Å². The van der Waals surface area contributed by atoms with E-state index in [1.807, 2.05) is 13.0 Å². The Balaban J connectivity index is 2.24. The molecule has 100 valence electrons. The van der Waals surface area contributed by atoms with Gasteiger partial charge in [-0.05, 0) is 59.8 Å². The SMILES string of the molecule is COc1c(F)c(CC2CCCCN2)cc(C)c1Br. The average Bonchev–Trinajstić information content (AvgIpc) is 2.38. The van der Waals surface area contributed by atoms with Gasteiger partial charge in [0.25, 0.3) is 0 Å². The zero-order valence-electron chi connectivity index (χ0n) is 10.9. The molecule has 2 rings (SSSR count). The lowest BCUT2D eigenvalue weighted by molar-refractivity contribution is 0.371. The number of hydrogen-bond donors (Lipinski definition) is 1. The zero-order chi connectivity index (χ0) is 13.1. The van der Waals surface area contributed by atoms with E-state index in [0.717, 1.165) is 30.5 Å². The Bertz CT molecular complexity index is 430. The van der Waals surface area contributed by atoms with Crippen LogP contribution in [0.3, 0.4) is 0 Å². The quantitative estimate of drug-likeness (QED) is 0.920. The lowest BCUT2D eigenvalue weighted by Gasteiger charge is -2.24.